The van der Waals surface area contributed by atoms with Crippen molar-refractivity contribution in [2.45, 2.75) is 99.9 Å². The van der Waals surface area contributed by atoms with E-state index in [1.165, 1.54) is 0 Å². The molecule has 1 aliphatic heterocycles. The quantitative estimate of drug-likeness (QED) is 0.0688. The Morgan fingerprint density at radius 1 is 0.984 bits per heavy atom. The zero-order valence-corrected chi connectivity index (χ0v) is 38.4. The van der Waals surface area contributed by atoms with Crippen LogP contribution in [0.25, 0.3) is 27.5 Å². The molecule has 3 N–H and O–H groups in total. The first-order valence-corrected chi connectivity index (χ1v) is 22.1. The van der Waals surface area contributed by atoms with E-state index in [0.29, 0.717) is 66.1 Å². The fourth-order valence-electron chi connectivity index (χ4n) is 8.60. The van der Waals surface area contributed by atoms with Crippen LogP contribution >= 0.6 is 11.6 Å². The van der Waals surface area contributed by atoms with E-state index in [1.54, 1.807) is 20.9 Å². The maximum absolute atomic E-state index is 13.7. The number of halogens is 1. The Balaban J connectivity index is 0.000000197. The van der Waals surface area contributed by atoms with E-state index in [1.807, 2.05) is 77.1 Å². The van der Waals surface area contributed by atoms with Crippen molar-refractivity contribution in [2.24, 2.45) is 17.8 Å². The molecule has 17 heteroatoms. The highest BCUT2D eigenvalue weighted by Crippen LogP contribution is 2.36. The summed E-state index contributed by atoms with van der Waals surface area (Å²) in [5, 5.41) is 14.2. The number of carbonyl (C=O) groups is 2. The van der Waals surface area contributed by atoms with Gasteiger partial charge in [-0.15, -0.1) is 5.10 Å². The van der Waals surface area contributed by atoms with E-state index in [2.05, 4.69) is 56.1 Å². The van der Waals surface area contributed by atoms with Gasteiger partial charge in [-0.1, -0.05) is 91.5 Å². The van der Waals surface area contributed by atoms with Crippen LogP contribution in [0.5, 0.6) is 5.75 Å². The van der Waals surface area contributed by atoms with Gasteiger partial charge in [0.05, 0.1) is 18.9 Å². The maximum Gasteiger partial charge on any atom is 0.463 e. The topological polar surface area (TPSA) is 164 Å². The number of nitrogens with one attached hydrogen (secondary N) is 3. The summed E-state index contributed by atoms with van der Waals surface area (Å²) < 4.78 is 22.5. The SMILES string of the molecule is Cc1ccc(OC(C)C(=O)NCC(C)c2nc3c(Cl)c(C)[nH]n3n2)c(C)c1.[C-]#[N+]c1c(C(=O)OC2C(C)CC(C)CC2C)c2nc(-c3ccc(C)cc3)[nH]n2[n+]1CN1CCOCC1. The number of aromatic amines is 2. The van der Waals surface area contributed by atoms with Crippen molar-refractivity contribution in [2.75, 3.05) is 32.8 Å². The molecule has 16 nitrogen and oxygen atoms in total. The second-order valence-corrected chi connectivity index (χ2v) is 17.9. The summed E-state index contributed by atoms with van der Waals surface area (Å²) >= 11 is 6.19. The lowest BCUT2D eigenvalue weighted by molar-refractivity contribution is -0.768. The van der Waals surface area contributed by atoms with Gasteiger partial charge in [-0.25, -0.2) is 24.8 Å². The van der Waals surface area contributed by atoms with E-state index < -0.39 is 12.1 Å². The van der Waals surface area contributed by atoms with Crippen LogP contribution in [0.2, 0.25) is 5.02 Å². The zero-order chi connectivity index (χ0) is 45.1. The Morgan fingerprint density at radius 2 is 1.67 bits per heavy atom. The number of aryl methyl sites for hydroxylation is 4. The highest BCUT2D eigenvalue weighted by atomic mass is 35.5. The van der Waals surface area contributed by atoms with Crippen molar-refractivity contribution in [3.8, 4) is 17.1 Å². The highest BCUT2D eigenvalue weighted by Gasteiger charge is 2.40. The van der Waals surface area contributed by atoms with E-state index in [-0.39, 0.29) is 41.1 Å². The second kappa shape index (κ2) is 19.3. The number of H-pyrrole nitrogens is 2. The number of aromatic nitrogens is 8. The first-order valence-electron chi connectivity index (χ1n) is 21.7. The minimum absolute atomic E-state index is 0.0630. The molecule has 6 aromatic rings. The van der Waals surface area contributed by atoms with Gasteiger partial charge in [0.15, 0.2) is 29.0 Å². The van der Waals surface area contributed by atoms with Crippen LogP contribution in [0.15, 0.2) is 42.5 Å². The van der Waals surface area contributed by atoms with Gasteiger partial charge in [0.25, 0.3) is 5.91 Å². The predicted molar refractivity (Wildman–Crippen MR) is 239 cm³/mol. The average Bonchev–Trinajstić information content (AvgIpc) is 4.00. The first-order chi connectivity index (χ1) is 30.1. The molecular formula is C46H59ClN11O5+. The number of carbonyl (C=O) groups excluding carboxylic acids is 2. The van der Waals surface area contributed by atoms with Gasteiger partial charge >= 0.3 is 11.8 Å². The molecule has 4 atom stereocenters. The molecule has 1 saturated heterocycles. The van der Waals surface area contributed by atoms with Crippen LogP contribution in [0.1, 0.15) is 91.9 Å². The molecule has 5 heterocycles. The van der Waals surface area contributed by atoms with Crippen LogP contribution in [-0.4, -0.2) is 96.4 Å². The molecule has 0 spiro atoms. The summed E-state index contributed by atoms with van der Waals surface area (Å²) in [7, 11) is 0. The molecule has 0 radical (unpaired) electrons. The predicted octanol–water partition coefficient (Wildman–Crippen LogP) is 7.32. The van der Waals surface area contributed by atoms with Gasteiger partial charge in [0, 0.05) is 31.1 Å². The second-order valence-electron chi connectivity index (χ2n) is 17.5. The van der Waals surface area contributed by atoms with Crippen molar-refractivity contribution in [3.05, 3.63) is 92.7 Å². The van der Waals surface area contributed by atoms with Crippen LogP contribution in [0.3, 0.4) is 0 Å². The number of amides is 1. The lowest BCUT2D eigenvalue weighted by Gasteiger charge is -2.37. The van der Waals surface area contributed by atoms with Crippen LogP contribution in [-0.2, 0) is 20.9 Å². The fourth-order valence-corrected chi connectivity index (χ4v) is 8.76. The third-order valence-corrected chi connectivity index (χ3v) is 12.5. The molecule has 0 bridgehead atoms. The lowest BCUT2D eigenvalue weighted by Crippen LogP contribution is -2.51. The third kappa shape index (κ3) is 10.1. The minimum atomic E-state index is -0.597. The summed E-state index contributed by atoms with van der Waals surface area (Å²) in [6, 6.07) is 13.9. The molecule has 8 rings (SSSR count). The normalized spacial score (nSPS) is 20.1. The Hall–Kier alpha value is -5.76. The number of hydrogen-bond donors (Lipinski definition) is 3. The van der Waals surface area contributed by atoms with Crippen LogP contribution < -0.4 is 14.7 Å². The van der Waals surface area contributed by atoms with Crippen molar-refractivity contribution >= 4 is 40.6 Å². The van der Waals surface area contributed by atoms with Gasteiger partial charge < -0.3 is 19.5 Å². The summed E-state index contributed by atoms with van der Waals surface area (Å²) in [5.74, 6) is 2.65. The standard InChI is InChI=1S/C27H34N6O3.C19H24ClN5O2/c1-17-6-8-21(9-7-17)24-29-26-22(27(34)36-23-19(3)14-18(2)15-20(23)4)25(28-5)32(33(26)30-24)16-31-10-12-35-13-11-31;1-10-6-7-15(11(2)8-10)27-14(5)19(26)21-9-12(3)17-22-18-16(20)13(4)23-25(18)24-17/h6-9,18-20,23H,10-16H2,1-4H3;6-8,12,14,23H,9H2,1-5H3,(H,21,26)/p+1. The molecule has 1 amide bonds. The van der Waals surface area contributed by atoms with Gasteiger partial charge in [-0.3, -0.25) is 9.89 Å². The molecule has 4 unspecified atom stereocenters. The number of morpholine rings is 1. The lowest BCUT2D eigenvalue weighted by atomic mass is 9.75. The van der Waals surface area contributed by atoms with E-state index in [4.69, 9.17) is 37.4 Å². The van der Waals surface area contributed by atoms with Gasteiger partial charge in [0.1, 0.15) is 23.4 Å². The van der Waals surface area contributed by atoms with Crippen molar-refractivity contribution in [1.29, 1.82) is 0 Å². The fraction of sp³-hybridized carbons (Fsp3) is 0.500. The van der Waals surface area contributed by atoms with Gasteiger partial charge in [-0.05, 0) is 81.5 Å². The number of benzene rings is 2. The molecular weight excluding hydrogens is 822 g/mol. The summed E-state index contributed by atoms with van der Waals surface area (Å²) in [6.07, 6.45) is 1.28. The largest absolute Gasteiger partial charge is 0.481 e. The van der Waals surface area contributed by atoms with Crippen molar-refractivity contribution in [3.63, 3.8) is 0 Å². The Labute approximate surface area is 373 Å². The first kappa shape index (κ1) is 45.3. The molecule has 2 aliphatic rings. The Morgan fingerprint density at radius 3 is 2.32 bits per heavy atom. The zero-order valence-electron chi connectivity index (χ0n) is 37.7. The molecule has 4 aromatic heterocycles. The molecule has 2 aromatic carbocycles. The Kier molecular flexibility index (Phi) is 13.9. The summed E-state index contributed by atoms with van der Waals surface area (Å²) in [6.45, 7) is 29.7. The summed E-state index contributed by atoms with van der Waals surface area (Å²) in [5.41, 5.74) is 6.28. The maximum atomic E-state index is 13.7. The third-order valence-electron chi connectivity index (χ3n) is 12.0. The van der Waals surface area contributed by atoms with Crippen LogP contribution in [0, 0.1) is 52.0 Å². The van der Waals surface area contributed by atoms with Crippen molar-refractivity contribution in [1.82, 2.24) is 44.7 Å². The number of hydrogen-bond acceptors (Lipinski definition) is 9. The number of nitrogens with zero attached hydrogens (tertiary/aromatic N) is 8. The van der Waals surface area contributed by atoms with E-state index >= 15 is 0 Å². The minimum Gasteiger partial charge on any atom is -0.481 e. The number of rotatable bonds is 11. The highest BCUT2D eigenvalue weighted by molar-refractivity contribution is 6.34. The van der Waals surface area contributed by atoms with Crippen LogP contribution in [0.4, 0.5) is 5.82 Å². The molecule has 1 saturated carbocycles. The molecule has 334 valence electrons. The van der Waals surface area contributed by atoms with E-state index in [9.17, 15) is 9.59 Å². The van der Waals surface area contributed by atoms with Gasteiger partial charge in [0.2, 0.25) is 12.3 Å². The Bertz CT molecular complexity index is 2600. The monoisotopic (exact) mass is 880 g/mol. The smallest absolute Gasteiger partial charge is 0.463 e. The van der Waals surface area contributed by atoms with Crippen molar-refractivity contribution < 1.29 is 28.5 Å². The number of fused-ring (bicyclic) bond motifs is 2. The molecule has 63 heavy (non-hydrogen) atoms. The average molecular weight is 882 g/mol. The number of ether oxygens (including phenoxy) is 3. The molecule has 2 fully saturated rings. The number of esters is 1. The van der Waals surface area contributed by atoms with E-state index in [0.717, 1.165) is 53.9 Å². The summed E-state index contributed by atoms with van der Waals surface area (Å²) in [4.78, 5) is 41.3. The molecule has 1 aliphatic carbocycles. The van der Waals surface area contributed by atoms with Gasteiger partial charge in [-0.2, -0.15) is 9.48 Å².